The third-order valence-corrected chi connectivity index (χ3v) is 4.10. The van der Waals surface area contributed by atoms with Crippen molar-refractivity contribution in [1.82, 2.24) is 15.2 Å². The molecule has 0 saturated carbocycles. The highest BCUT2D eigenvalue weighted by atomic mass is 16.5. The number of aromatic amines is 1. The van der Waals surface area contributed by atoms with E-state index in [9.17, 15) is 0 Å². The molecule has 0 bridgehead atoms. The second-order valence-corrected chi connectivity index (χ2v) is 5.69. The molecular formula is C21H17N3O. The van der Waals surface area contributed by atoms with Crippen LogP contribution in [0.1, 0.15) is 11.3 Å². The SMILES string of the molecule is COc1ccc(-c2[nH]ncc2C=Cc2ccc3ccccc3n2)cc1. The van der Waals surface area contributed by atoms with Crippen molar-refractivity contribution in [1.29, 1.82) is 0 Å². The largest absolute Gasteiger partial charge is 0.497 e. The van der Waals surface area contributed by atoms with Crippen LogP contribution in [-0.2, 0) is 0 Å². The first kappa shape index (κ1) is 15.1. The van der Waals surface area contributed by atoms with Gasteiger partial charge in [-0.1, -0.05) is 24.3 Å². The number of ether oxygens (including phenoxy) is 1. The molecule has 0 aliphatic heterocycles. The van der Waals surface area contributed by atoms with Crippen LogP contribution in [0.4, 0.5) is 0 Å². The van der Waals surface area contributed by atoms with E-state index in [-0.39, 0.29) is 0 Å². The van der Waals surface area contributed by atoms with Crippen molar-refractivity contribution in [3.05, 3.63) is 78.1 Å². The molecule has 0 aliphatic carbocycles. The molecule has 0 fully saturated rings. The van der Waals surface area contributed by atoms with E-state index in [1.807, 2.05) is 66.9 Å². The van der Waals surface area contributed by atoms with Gasteiger partial charge in [0.1, 0.15) is 5.75 Å². The summed E-state index contributed by atoms with van der Waals surface area (Å²) >= 11 is 0. The lowest BCUT2D eigenvalue weighted by molar-refractivity contribution is 0.415. The minimum absolute atomic E-state index is 0.834. The Morgan fingerprint density at radius 3 is 2.60 bits per heavy atom. The summed E-state index contributed by atoms with van der Waals surface area (Å²) in [5, 5.41) is 8.38. The molecule has 1 N–H and O–H groups in total. The zero-order valence-corrected chi connectivity index (χ0v) is 13.8. The van der Waals surface area contributed by atoms with Gasteiger partial charge < -0.3 is 4.74 Å². The number of hydrogen-bond acceptors (Lipinski definition) is 3. The Morgan fingerprint density at radius 2 is 1.76 bits per heavy atom. The molecule has 2 heterocycles. The van der Waals surface area contributed by atoms with Crippen LogP contribution in [0.5, 0.6) is 5.75 Å². The number of hydrogen-bond donors (Lipinski definition) is 1. The number of rotatable bonds is 4. The highest BCUT2D eigenvalue weighted by molar-refractivity contribution is 5.82. The summed E-state index contributed by atoms with van der Waals surface area (Å²) in [7, 11) is 1.66. The van der Waals surface area contributed by atoms with Gasteiger partial charge in [0.2, 0.25) is 0 Å². The highest BCUT2D eigenvalue weighted by Gasteiger charge is 2.05. The summed E-state index contributed by atoms with van der Waals surface area (Å²) in [5.74, 6) is 0.834. The Labute approximate surface area is 145 Å². The summed E-state index contributed by atoms with van der Waals surface area (Å²) in [5.41, 5.74) is 4.96. The highest BCUT2D eigenvalue weighted by Crippen LogP contribution is 2.25. The molecule has 0 amide bonds. The van der Waals surface area contributed by atoms with Crippen LogP contribution in [0.25, 0.3) is 34.3 Å². The van der Waals surface area contributed by atoms with Crippen molar-refractivity contribution >= 4 is 23.1 Å². The van der Waals surface area contributed by atoms with Crippen LogP contribution in [-0.4, -0.2) is 22.3 Å². The van der Waals surface area contributed by atoms with Gasteiger partial charge in [0.15, 0.2) is 0 Å². The van der Waals surface area contributed by atoms with Gasteiger partial charge in [-0.2, -0.15) is 5.10 Å². The van der Waals surface area contributed by atoms with E-state index in [4.69, 9.17) is 4.74 Å². The topological polar surface area (TPSA) is 50.8 Å². The zero-order chi connectivity index (χ0) is 17.1. The van der Waals surface area contributed by atoms with E-state index >= 15 is 0 Å². The minimum atomic E-state index is 0.834. The van der Waals surface area contributed by atoms with Crippen LogP contribution in [0, 0.1) is 0 Å². The molecule has 4 rings (SSSR count). The number of nitrogens with one attached hydrogen (secondary N) is 1. The average molecular weight is 327 g/mol. The standard InChI is InChI=1S/C21H17N3O/c1-25-19-12-8-16(9-13-19)21-17(14-22-24-21)7-11-18-10-6-15-4-2-3-5-20(15)23-18/h2-14H,1H3,(H,22,24). The number of nitrogens with zero attached hydrogens (tertiary/aromatic N) is 2. The van der Waals surface area contributed by atoms with Crippen molar-refractivity contribution in [3.63, 3.8) is 0 Å². The Balaban J connectivity index is 1.64. The third kappa shape index (κ3) is 3.15. The number of H-pyrrole nitrogens is 1. The van der Waals surface area contributed by atoms with Gasteiger partial charge in [-0.15, -0.1) is 0 Å². The van der Waals surface area contributed by atoms with Crippen LogP contribution in [0.3, 0.4) is 0 Å². The molecule has 2 aromatic carbocycles. The minimum Gasteiger partial charge on any atom is -0.497 e. The second-order valence-electron chi connectivity index (χ2n) is 5.69. The number of methoxy groups -OCH3 is 1. The number of para-hydroxylation sites is 1. The van der Waals surface area contributed by atoms with Gasteiger partial charge in [-0.25, -0.2) is 4.98 Å². The summed E-state index contributed by atoms with van der Waals surface area (Å²) in [6, 6.07) is 20.1. The van der Waals surface area contributed by atoms with Gasteiger partial charge in [-0.05, 0) is 48.6 Å². The Kier molecular flexibility index (Phi) is 4.01. The molecular weight excluding hydrogens is 310 g/mol. The van der Waals surface area contributed by atoms with Gasteiger partial charge in [0.05, 0.1) is 30.2 Å². The molecule has 122 valence electrons. The second kappa shape index (κ2) is 6.61. The van der Waals surface area contributed by atoms with Crippen molar-refractivity contribution < 1.29 is 4.74 Å². The summed E-state index contributed by atoms with van der Waals surface area (Å²) in [6.07, 6.45) is 5.85. The normalized spacial score (nSPS) is 11.2. The third-order valence-electron chi connectivity index (χ3n) is 4.10. The maximum absolute atomic E-state index is 5.21. The lowest BCUT2D eigenvalue weighted by Gasteiger charge is -2.03. The van der Waals surface area contributed by atoms with E-state index in [1.165, 1.54) is 0 Å². The van der Waals surface area contributed by atoms with Crippen LogP contribution >= 0.6 is 0 Å². The smallest absolute Gasteiger partial charge is 0.118 e. The Morgan fingerprint density at radius 1 is 0.920 bits per heavy atom. The molecule has 4 aromatic rings. The monoisotopic (exact) mass is 327 g/mol. The summed E-state index contributed by atoms with van der Waals surface area (Å²) in [6.45, 7) is 0. The quantitative estimate of drug-likeness (QED) is 0.585. The van der Waals surface area contributed by atoms with Gasteiger partial charge in [0, 0.05) is 16.5 Å². The number of pyridine rings is 1. The van der Waals surface area contributed by atoms with Crippen molar-refractivity contribution in [2.75, 3.05) is 7.11 Å². The summed E-state index contributed by atoms with van der Waals surface area (Å²) in [4.78, 5) is 4.67. The fourth-order valence-electron chi connectivity index (χ4n) is 2.76. The molecule has 0 radical (unpaired) electrons. The predicted molar refractivity (Wildman–Crippen MR) is 101 cm³/mol. The summed E-state index contributed by atoms with van der Waals surface area (Å²) < 4.78 is 5.21. The molecule has 0 atom stereocenters. The zero-order valence-electron chi connectivity index (χ0n) is 13.8. The van der Waals surface area contributed by atoms with E-state index < -0.39 is 0 Å². The molecule has 0 unspecified atom stereocenters. The maximum atomic E-state index is 5.21. The average Bonchev–Trinajstić information content (AvgIpc) is 3.15. The van der Waals surface area contributed by atoms with Crippen molar-refractivity contribution in [3.8, 4) is 17.0 Å². The van der Waals surface area contributed by atoms with Crippen molar-refractivity contribution in [2.24, 2.45) is 0 Å². The van der Waals surface area contributed by atoms with Crippen LogP contribution < -0.4 is 4.74 Å². The number of aromatic nitrogens is 3. The molecule has 0 aliphatic rings. The fraction of sp³-hybridized carbons (Fsp3) is 0.0476. The maximum Gasteiger partial charge on any atom is 0.118 e. The fourth-order valence-corrected chi connectivity index (χ4v) is 2.76. The molecule has 4 nitrogen and oxygen atoms in total. The van der Waals surface area contributed by atoms with Gasteiger partial charge in [-0.3, -0.25) is 5.10 Å². The Bertz CT molecular complexity index is 1030. The lowest BCUT2D eigenvalue weighted by Crippen LogP contribution is -1.85. The first-order chi connectivity index (χ1) is 12.3. The van der Waals surface area contributed by atoms with Gasteiger partial charge in [0.25, 0.3) is 0 Å². The molecule has 2 aromatic heterocycles. The number of benzene rings is 2. The van der Waals surface area contributed by atoms with E-state index in [0.29, 0.717) is 0 Å². The van der Waals surface area contributed by atoms with E-state index in [1.54, 1.807) is 7.11 Å². The molecule has 0 saturated heterocycles. The van der Waals surface area contributed by atoms with Crippen molar-refractivity contribution in [2.45, 2.75) is 0 Å². The predicted octanol–water partition coefficient (Wildman–Crippen LogP) is 4.80. The number of fused-ring (bicyclic) bond motifs is 1. The molecule has 0 spiro atoms. The van der Waals surface area contributed by atoms with Crippen LogP contribution in [0.2, 0.25) is 0 Å². The lowest BCUT2D eigenvalue weighted by atomic mass is 10.1. The van der Waals surface area contributed by atoms with E-state index in [2.05, 4.69) is 27.3 Å². The van der Waals surface area contributed by atoms with Crippen LogP contribution in [0.15, 0.2) is 66.9 Å². The molecule has 4 heteroatoms. The first-order valence-corrected chi connectivity index (χ1v) is 8.05. The van der Waals surface area contributed by atoms with Gasteiger partial charge >= 0.3 is 0 Å². The first-order valence-electron chi connectivity index (χ1n) is 8.05. The molecule has 25 heavy (non-hydrogen) atoms. The van der Waals surface area contributed by atoms with E-state index in [0.717, 1.165) is 39.2 Å². The Hall–Kier alpha value is -3.40.